The van der Waals surface area contributed by atoms with Crippen molar-refractivity contribution in [3.8, 4) is 11.1 Å². The number of aryl methyl sites for hydroxylation is 1. The number of carbonyl (C=O) groups is 1. The summed E-state index contributed by atoms with van der Waals surface area (Å²) in [6.45, 7) is 2.77. The van der Waals surface area contributed by atoms with Crippen LogP contribution in [0.5, 0.6) is 0 Å². The lowest BCUT2D eigenvalue weighted by atomic mass is 9.69. The van der Waals surface area contributed by atoms with Crippen LogP contribution in [0.3, 0.4) is 0 Å². The molecule has 2 aromatic carbocycles. The van der Waals surface area contributed by atoms with E-state index < -0.39 is 0 Å². The Morgan fingerprint density at radius 3 is 2.68 bits per heavy atom. The fourth-order valence-corrected chi connectivity index (χ4v) is 4.01. The summed E-state index contributed by atoms with van der Waals surface area (Å²) in [6, 6.07) is 15.1. The number of hydrogen-bond acceptors (Lipinski definition) is 6. The highest BCUT2D eigenvalue weighted by Gasteiger charge is 2.18. The Bertz CT molecular complexity index is 1550. The van der Waals surface area contributed by atoms with E-state index in [0.717, 1.165) is 38.8 Å². The van der Waals surface area contributed by atoms with Crippen LogP contribution < -0.4 is 15.8 Å². The smallest absolute Gasteiger partial charge is 0.256 e. The van der Waals surface area contributed by atoms with Crippen molar-refractivity contribution >= 4 is 57.7 Å². The highest BCUT2D eigenvalue weighted by atomic mass is 16.5. The fraction of sp³-hybridized carbons (Fsp3) is 0.154. The van der Waals surface area contributed by atoms with Crippen molar-refractivity contribution in [3.05, 3.63) is 87.7 Å². The third kappa shape index (κ3) is 5.83. The van der Waals surface area contributed by atoms with Crippen molar-refractivity contribution in [2.24, 2.45) is 0 Å². The molecule has 0 saturated carbocycles. The molecule has 0 radical (unpaired) electrons. The average Bonchev–Trinajstić information content (AvgIpc) is 2.88. The summed E-state index contributed by atoms with van der Waals surface area (Å²) in [6.07, 6.45) is 3.38. The standard InChI is InChI=1S/C26H28B3N5O3/c1-15-8-9-30-24(35)21(15)16-6-7-20-17(12-16)14-31-26(33-20)32-18-4-3-5-19(13-18)34(10-11-37-2)25(36)22(27)23(28)29/h3-9,12-14H,10-11,27-29H2,1-2H3,(H,30,35)(H,31,32,33). The molecule has 0 spiro atoms. The molecular formula is C26H28B3N5O3. The molecule has 0 unspecified atom stereocenters. The molecule has 0 aliphatic heterocycles. The fourth-order valence-electron chi connectivity index (χ4n) is 4.01. The molecule has 0 atom stereocenters. The second kappa shape index (κ2) is 11.3. The van der Waals surface area contributed by atoms with E-state index in [4.69, 9.17) is 4.74 Å². The topological polar surface area (TPSA) is 100 Å². The third-order valence-electron chi connectivity index (χ3n) is 6.29. The molecule has 2 N–H and O–H groups in total. The van der Waals surface area contributed by atoms with Crippen LogP contribution in [0.2, 0.25) is 0 Å². The SMILES string of the molecule is BC(B)=C(B)C(=O)N(CCOC)c1cccc(Nc2ncc3cc(-c4c(C)cc[nH]c4=O)ccc3n2)c1. The maximum absolute atomic E-state index is 13.1. The minimum absolute atomic E-state index is 0.0561. The number of ether oxygens (including phenoxy) is 1. The first-order valence-electron chi connectivity index (χ1n) is 12.1. The third-order valence-corrected chi connectivity index (χ3v) is 6.29. The van der Waals surface area contributed by atoms with Crippen molar-refractivity contribution in [1.29, 1.82) is 0 Å². The predicted octanol–water partition coefficient (Wildman–Crippen LogP) is 1.08. The highest BCUT2D eigenvalue weighted by molar-refractivity contribution is 6.56. The van der Waals surface area contributed by atoms with Gasteiger partial charge in [0, 0.05) is 48.4 Å². The number of pyridine rings is 1. The minimum atomic E-state index is -0.128. The lowest BCUT2D eigenvalue weighted by Crippen LogP contribution is -2.35. The molecule has 4 aromatic rings. The molecule has 2 aromatic heterocycles. The minimum Gasteiger partial charge on any atom is -0.383 e. The number of hydrogen-bond donors (Lipinski definition) is 2. The van der Waals surface area contributed by atoms with Gasteiger partial charge in [-0.25, -0.2) is 9.97 Å². The van der Waals surface area contributed by atoms with Crippen molar-refractivity contribution in [2.45, 2.75) is 6.92 Å². The van der Waals surface area contributed by atoms with Gasteiger partial charge in [-0.1, -0.05) is 12.1 Å². The summed E-state index contributed by atoms with van der Waals surface area (Å²) in [5, 5.41) is 5.04. The van der Waals surface area contributed by atoms with E-state index in [1.165, 1.54) is 0 Å². The number of nitrogens with one attached hydrogen (secondary N) is 2. The summed E-state index contributed by atoms with van der Waals surface area (Å²) in [7, 11) is 7.31. The van der Waals surface area contributed by atoms with Crippen molar-refractivity contribution in [2.75, 3.05) is 30.5 Å². The van der Waals surface area contributed by atoms with Crippen LogP contribution >= 0.6 is 0 Å². The molecule has 0 aliphatic carbocycles. The van der Waals surface area contributed by atoms with E-state index >= 15 is 0 Å². The van der Waals surface area contributed by atoms with E-state index in [1.54, 1.807) is 24.4 Å². The molecule has 184 valence electrons. The maximum atomic E-state index is 13.1. The van der Waals surface area contributed by atoms with Crippen LogP contribution in [-0.2, 0) is 9.53 Å². The predicted molar refractivity (Wildman–Crippen MR) is 157 cm³/mol. The van der Waals surface area contributed by atoms with Gasteiger partial charge >= 0.3 is 0 Å². The Balaban J connectivity index is 1.61. The number of rotatable bonds is 8. The largest absolute Gasteiger partial charge is 0.383 e. The summed E-state index contributed by atoms with van der Waals surface area (Å²) in [4.78, 5) is 39.0. The Morgan fingerprint density at radius 2 is 1.95 bits per heavy atom. The Labute approximate surface area is 218 Å². The number of fused-ring (bicyclic) bond motifs is 1. The molecular weight excluding hydrogens is 463 g/mol. The zero-order valence-corrected chi connectivity index (χ0v) is 21.8. The summed E-state index contributed by atoms with van der Waals surface area (Å²) in [5.74, 6) is 0.376. The zero-order chi connectivity index (χ0) is 26.5. The van der Waals surface area contributed by atoms with Crippen LogP contribution in [0.4, 0.5) is 17.3 Å². The van der Waals surface area contributed by atoms with Gasteiger partial charge in [-0.05, 0) is 59.9 Å². The number of aromatic amines is 1. The van der Waals surface area contributed by atoms with Crippen molar-refractivity contribution in [3.63, 3.8) is 0 Å². The number of amides is 1. The van der Waals surface area contributed by atoms with Gasteiger partial charge in [-0.3, -0.25) is 9.59 Å². The first kappa shape index (κ1) is 26.0. The molecule has 2 heterocycles. The average molecular weight is 491 g/mol. The van der Waals surface area contributed by atoms with E-state index in [0.29, 0.717) is 30.1 Å². The molecule has 0 aliphatic rings. The van der Waals surface area contributed by atoms with Crippen molar-refractivity contribution in [1.82, 2.24) is 15.0 Å². The normalized spacial score (nSPS) is 10.8. The quantitative estimate of drug-likeness (QED) is 0.283. The molecule has 4 rings (SSSR count). The molecule has 8 nitrogen and oxygen atoms in total. The van der Waals surface area contributed by atoms with Gasteiger partial charge in [0.1, 0.15) is 23.5 Å². The van der Waals surface area contributed by atoms with E-state index in [2.05, 4.69) is 20.3 Å². The van der Waals surface area contributed by atoms with Gasteiger partial charge in [0.2, 0.25) is 11.9 Å². The molecule has 0 bridgehead atoms. The van der Waals surface area contributed by atoms with Gasteiger partial charge in [0.25, 0.3) is 5.56 Å². The van der Waals surface area contributed by atoms with Crippen LogP contribution in [0.15, 0.2) is 76.6 Å². The van der Waals surface area contributed by atoms with Gasteiger partial charge in [0.05, 0.1) is 12.1 Å². The van der Waals surface area contributed by atoms with Crippen LogP contribution in [0.25, 0.3) is 22.0 Å². The zero-order valence-electron chi connectivity index (χ0n) is 21.8. The highest BCUT2D eigenvalue weighted by Crippen LogP contribution is 2.26. The van der Waals surface area contributed by atoms with Crippen LogP contribution in [-0.4, -0.2) is 64.7 Å². The molecule has 0 saturated heterocycles. The van der Waals surface area contributed by atoms with Gasteiger partial charge in [-0.15, -0.1) is 5.37 Å². The molecule has 11 heteroatoms. The van der Waals surface area contributed by atoms with Crippen LogP contribution in [0, 0.1) is 6.92 Å². The maximum Gasteiger partial charge on any atom is 0.256 e. The summed E-state index contributed by atoms with van der Waals surface area (Å²) < 4.78 is 5.24. The number of carbonyl (C=O) groups excluding carboxylic acids is 1. The number of benzene rings is 2. The van der Waals surface area contributed by atoms with E-state index in [9.17, 15) is 9.59 Å². The molecule has 1 amide bonds. The van der Waals surface area contributed by atoms with Gasteiger partial charge in [-0.2, -0.15) is 0 Å². The summed E-state index contributed by atoms with van der Waals surface area (Å²) in [5.41, 5.74) is 5.19. The lowest BCUT2D eigenvalue weighted by Gasteiger charge is -2.24. The number of methoxy groups -OCH3 is 1. The molecule has 37 heavy (non-hydrogen) atoms. The monoisotopic (exact) mass is 491 g/mol. The number of aromatic nitrogens is 3. The first-order chi connectivity index (χ1) is 17.8. The molecule has 0 fully saturated rings. The van der Waals surface area contributed by atoms with E-state index in [-0.39, 0.29) is 11.5 Å². The Hall–Kier alpha value is -4.11. The number of H-pyrrole nitrogens is 1. The van der Waals surface area contributed by atoms with Gasteiger partial charge in [0.15, 0.2) is 0 Å². The number of anilines is 3. The Morgan fingerprint density at radius 1 is 1.14 bits per heavy atom. The van der Waals surface area contributed by atoms with Gasteiger partial charge < -0.3 is 19.9 Å². The number of nitrogens with zero attached hydrogens (tertiary/aromatic N) is 3. The second-order valence-electron chi connectivity index (χ2n) is 9.08. The van der Waals surface area contributed by atoms with Crippen LogP contribution in [0.1, 0.15) is 5.56 Å². The van der Waals surface area contributed by atoms with E-state index in [1.807, 2.05) is 79.0 Å². The first-order valence-corrected chi connectivity index (χ1v) is 12.1. The lowest BCUT2D eigenvalue weighted by molar-refractivity contribution is -0.114. The Kier molecular flexibility index (Phi) is 7.93. The summed E-state index contributed by atoms with van der Waals surface area (Å²) >= 11 is 0. The second-order valence-corrected chi connectivity index (χ2v) is 9.08. The van der Waals surface area contributed by atoms with Crippen molar-refractivity contribution < 1.29 is 9.53 Å².